The number of primary amides is 1. The predicted octanol–water partition coefficient (Wildman–Crippen LogP) is 5.08. The number of rotatable bonds is 7. The number of amides is 3. The molecule has 0 bridgehead atoms. The lowest BCUT2D eigenvalue weighted by Crippen LogP contribution is -2.38. The number of ether oxygens (including phenoxy) is 4. The summed E-state index contributed by atoms with van der Waals surface area (Å²) in [5, 5.41) is 3.64. The second-order valence-electron chi connectivity index (χ2n) is 11.4. The van der Waals surface area contributed by atoms with Crippen LogP contribution in [-0.2, 0) is 27.4 Å². The Morgan fingerprint density at radius 3 is 1.84 bits per heavy atom. The summed E-state index contributed by atoms with van der Waals surface area (Å²) in [4.78, 5) is 47.2. The van der Waals surface area contributed by atoms with E-state index in [0.717, 1.165) is 23.3 Å². The third kappa shape index (κ3) is 6.74. The molecule has 0 unspecified atom stereocenters. The zero-order valence-electron chi connectivity index (χ0n) is 26.3. The van der Waals surface area contributed by atoms with Crippen LogP contribution in [0.25, 0.3) is 21.4 Å². The molecule has 4 aromatic rings. The second kappa shape index (κ2) is 14.0. The molecule has 51 heavy (non-hydrogen) atoms. The van der Waals surface area contributed by atoms with Crippen LogP contribution in [0.2, 0.25) is 0 Å². The summed E-state index contributed by atoms with van der Waals surface area (Å²) in [6.45, 7) is 2.67. The number of anilines is 3. The topological polar surface area (TPSA) is 168 Å². The molecule has 0 aliphatic carbocycles. The highest BCUT2D eigenvalue weighted by atomic mass is 127. The quantitative estimate of drug-likeness (QED) is 0.189. The Labute approximate surface area is 307 Å². The van der Waals surface area contributed by atoms with Crippen LogP contribution in [0.15, 0.2) is 24.5 Å². The molecule has 2 fully saturated rings. The summed E-state index contributed by atoms with van der Waals surface area (Å²) < 4.78 is 78.3. The number of nitrogens with one attached hydrogen (secondary N) is 1. The number of carbonyl (C=O) groups is 3. The van der Waals surface area contributed by atoms with Crippen molar-refractivity contribution in [2.45, 2.75) is 51.0 Å². The first-order valence-corrected chi connectivity index (χ1v) is 18.0. The average molecular weight is 867 g/mol. The summed E-state index contributed by atoms with van der Waals surface area (Å²) in [7, 11) is 0. The van der Waals surface area contributed by atoms with Crippen molar-refractivity contribution in [3.63, 3.8) is 0 Å². The van der Waals surface area contributed by atoms with Gasteiger partial charge in [-0.1, -0.05) is 0 Å². The monoisotopic (exact) mass is 866 g/mol. The van der Waals surface area contributed by atoms with Gasteiger partial charge in [-0.3, -0.25) is 4.79 Å². The molecule has 0 spiro atoms. The summed E-state index contributed by atoms with van der Waals surface area (Å²) in [6, 6.07) is 0.385. The minimum Gasteiger partial charge on any atom is -0.490 e. The third-order valence-electron chi connectivity index (χ3n) is 8.15. The first-order chi connectivity index (χ1) is 24.4. The van der Waals surface area contributed by atoms with Crippen molar-refractivity contribution in [2.24, 2.45) is 5.73 Å². The molecule has 4 aromatic heterocycles. The molecule has 272 valence electrons. The van der Waals surface area contributed by atoms with E-state index in [1.165, 1.54) is 28.9 Å². The van der Waals surface area contributed by atoms with E-state index >= 15 is 0 Å². The van der Waals surface area contributed by atoms with Gasteiger partial charge in [0, 0.05) is 24.5 Å². The third-order valence-corrected chi connectivity index (χ3v) is 11.1. The fourth-order valence-corrected chi connectivity index (χ4v) is 8.49. The summed E-state index contributed by atoms with van der Waals surface area (Å²) in [5.41, 5.74) is 5.28. The molecule has 4 aliphatic heterocycles. The first-order valence-electron chi connectivity index (χ1n) is 15.3. The number of nitrogens with zero attached hydrogens (tertiary/aromatic N) is 6. The van der Waals surface area contributed by atoms with Crippen LogP contribution in [0.1, 0.15) is 6.92 Å². The van der Waals surface area contributed by atoms with Crippen molar-refractivity contribution in [3.05, 3.63) is 27.4 Å². The van der Waals surface area contributed by atoms with E-state index in [1.807, 2.05) is 10.6 Å². The maximum Gasteiger partial charge on any atom is 0.416 e. The van der Waals surface area contributed by atoms with Gasteiger partial charge < -0.3 is 39.1 Å². The normalized spacial score (nSPS) is 19.8. The van der Waals surface area contributed by atoms with Crippen molar-refractivity contribution >= 4 is 80.0 Å². The molecule has 3 N–H and O–H groups in total. The Kier molecular flexibility index (Phi) is 9.64. The van der Waals surface area contributed by atoms with Gasteiger partial charge in [0.05, 0.1) is 21.0 Å². The van der Waals surface area contributed by atoms with E-state index in [-0.39, 0.29) is 24.8 Å². The van der Waals surface area contributed by atoms with Crippen molar-refractivity contribution in [1.29, 1.82) is 0 Å². The maximum atomic E-state index is 13.3. The van der Waals surface area contributed by atoms with Gasteiger partial charge in [0.1, 0.15) is 65.8 Å². The fraction of sp³-hybridized carbons (Fsp3) is 0.414. The first kappa shape index (κ1) is 35.1. The molecule has 0 radical (unpaired) electrons. The number of aromatic nitrogens is 4. The Hall–Kier alpha value is -4.32. The standard InChI is InChI=1S/C16H17F2N5O4S.C13H10F2IN3O3S/c1-7(14(19)24)20-11-4-9-12(28-11)15-21-10(5-22(15)2-3-26-9)23-8(13(17)18)6-27-16(23)25;14-11(15)6-5-22-13(20)19(6)9-4-18-1-2-21-7-3-8(16)23-10(7)12(18)17-9/h4-5,7-8,13,20H,2-3,6H2,1H3,(H2,19,24);3-4,6,11H,1-2,5H2/t7-,8-;6-/m00/s1. The van der Waals surface area contributed by atoms with Crippen LogP contribution < -0.4 is 30.3 Å². The highest BCUT2D eigenvalue weighted by Gasteiger charge is 2.43. The van der Waals surface area contributed by atoms with Crippen LogP contribution in [-0.4, -0.2) is 94.6 Å². The molecule has 3 atom stereocenters. The second-order valence-corrected chi connectivity index (χ2v) is 15.4. The molecule has 15 nitrogen and oxygen atoms in total. The van der Waals surface area contributed by atoms with Crippen molar-refractivity contribution in [3.8, 4) is 32.9 Å². The fourth-order valence-electron chi connectivity index (χ4n) is 5.62. The number of hydrogen-bond acceptors (Lipinski definition) is 12. The lowest BCUT2D eigenvalue weighted by Gasteiger charge is -2.17. The number of nitrogens with two attached hydrogens (primary N) is 1. The number of cyclic esters (lactones) is 2. The number of imidazole rings is 2. The minimum atomic E-state index is -2.75. The summed E-state index contributed by atoms with van der Waals surface area (Å²) in [6.07, 6.45) is -3.94. The molecular weight excluding hydrogens is 839 g/mol. The number of halogens is 5. The Bertz CT molecular complexity index is 1990. The molecule has 22 heteroatoms. The number of carbonyl (C=O) groups excluding carboxylic acids is 3. The summed E-state index contributed by atoms with van der Waals surface area (Å²) >= 11 is 4.99. The number of alkyl halides is 4. The van der Waals surface area contributed by atoms with Gasteiger partial charge in [0.25, 0.3) is 12.9 Å². The summed E-state index contributed by atoms with van der Waals surface area (Å²) in [5.74, 6) is 2.17. The van der Waals surface area contributed by atoms with Crippen LogP contribution in [0, 0.1) is 2.88 Å². The van der Waals surface area contributed by atoms with E-state index in [2.05, 4.69) is 37.9 Å². The van der Waals surface area contributed by atoms with Gasteiger partial charge in [-0.2, -0.15) is 0 Å². The van der Waals surface area contributed by atoms with Crippen LogP contribution in [0.5, 0.6) is 11.5 Å². The van der Waals surface area contributed by atoms with E-state index in [0.29, 0.717) is 53.6 Å². The Morgan fingerprint density at radius 1 is 0.863 bits per heavy atom. The highest BCUT2D eigenvalue weighted by molar-refractivity contribution is 14.1. The van der Waals surface area contributed by atoms with E-state index in [4.69, 9.17) is 24.7 Å². The minimum absolute atomic E-state index is 0.101. The zero-order valence-corrected chi connectivity index (χ0v) is 30.1. The largest absolute Gasteiger partial charge is 0.490 e. The van der Waals surface area contributed by atoms with Gasteiger partial charge in [0.2, 0.25) is 5.91 Å². The van der Waals surface area contributed by atoms with Crippen LogP contribution in [0.4, 0.5) is 43.8 Å². The smallest absolute Gasteiger partial charge is 0.416 e. The zero-order chi connectivity index (χ0) is 36.1. The Balaban J connectivity index is 0.000000162. The van der Waals surface area contributed by atoms with Crippen molar-refractivity contribution in [1.82, 2.24) is 19.1 Å². The maximum absolute atomic E-state index is 13.3. The molecule has 2 saturated heterocycles. The molecule has 3 amide bonds. The average Bonchev–Trinajstić information content (AvgIpc) is 3.91. The lowest BCUT2D eigenvalue weighted by atomic mass is 10.3. The molecule has 0 aromatic carbocycles. The number of thiophene rings is 2. The lowest BCUT2D eigenvalue weighted by molar-refractivity contribution is -0.118. The van der Waals surface area contributed by atoms with E-state index in [9.17, 15) is 31.9 Å². The van der Waals surface area contributed by atoms with E-state index < -0.39 is 49.1 Å². The van der Waals surface area contributed by atoms with E-state index in [1.54, 1.807) is 23.8 Å². The van der Waals surface area contributed by atoms with Crippen LogP contribution >= 0.6 is 45.3 Å². The molecular formula is C29H27F4IN8O7S2. The van der Waals surface area contributed by atoms with Gasteiger partial charge >= 0.3 is 12.2 Å². The Morgan fingerprint density at radius 2 is 1.35 bits per heavy atom. The van der Waals surface area contributed by atoms with Crippen molar-refractivity contribution < 1.29 is 50.9 Å². The number of fused-ring (bicyclic) bond motifs is 6. The van der Waals surface area contributed by atoms with Gasteiger partial charge in [-0.05, 0) is 29.5 Å². The number of hydrogen-bond donors (Lipinski definition) is 2. The van der Waals surface area contributed by atoms with Crippen LogP contribution in [0.3, 0.4) is 0 Å². The van der Waals surface area contributed by atoms with Gasteiger partial charge in [-0.25, -0.2) is 46.9 Å². The molecule has 8 heterocycles. The molecule has 8 rings (SSSR count). The molecule has 0 saturated carbocycles. The highest BCUT2D eigenvalue weighted by Crippen LogP contribution is 2.44. The van der Waals surface area contributed by atoms with Crippen molar-refractivity contribution in [2.75, 3.05) is 41.5 Å². The SMILES string of the molecule is C[C@H](Nc1cc2c(s1)-c1nc(N3C(=O)OC[C@H]3C(F)F)cn1CCO2)C(N)=O.O=C1OC[C@@H](C(F)F)N1c1cn2c(n1)-c1sc(I)cc1OCC2. The predicted molar refractivity (Wildman–Crippen MR) is 184 cm³/mol. The van der Waals surface area contributed by atoms with Gasteiger partial charge in [-0.15, -0.1) is 22.7 Å². The van der Waals surface area contributed by atoms with Gasteiger partial charge in [0.15, 0.2) is 23.3 Å². The molecule has 4 aliphatic rings.